The molecule has 1 unspecified atom stereocenters. The zero-order chi connectivity index (χ0) is 16.7. The first-order valence-electron chi connectivity index (χ1n) is 7.22. The molecule has 0 aromatic heterocycles. The van der Waals surface area contributed by atoms with Gasteiger partial charge in [-0.15, -0.1) is 0 Å². The molecule has 1 atom stereocenters. The second-order valence-electron chi connectivity index (χ2n) is 5.32. The van der Waals surface area contributed by atoms with E-state index in [-0.39, 0.29) is 23.5 Å². The van der Waals surface area contributed by atoms with Crippen molar-refractivity contribution in [2.24, 2.45) is 5.92 Å². The van der Waals surface area contributed by atoms with Crippen molar-refractivity contribution in [2.75, 3.05) is 7.11 Å². The van der Waals surface area contributed by atoms with Crippen LogP contribution in [0.25, 0.3) is 0 Å². The SMILES string of the molecule is CCC(C)CC(=O)NCc1cc(B(O)O)cc(C(=O)OC)c1. The fourth-order valence-electron chi connectivity index (χ4n) is 1.94. The predicted octanol–water partition coefficient (Wildman–Crippen LogP) is 0.205. The Bertz CT molecular complexity index is 533. The molecule has 1 aromatic carbocycles. The van der Waals surface area contributed by atoms with E-state index in [1.54, 1.807) is 6.07 Å². The number of methoxy groups -OCH3 is 1. The molecule has 7 heteroatoms. The molecule has 1 rings (SSSR count). The van der Waals surface area contributed by atoms with E-state index in [2.05, 4.69) is 10.1 Å². The molecule has 6 nitrogen and oxygen atoms in total. The van der Waals surface area contributed by atoms with Crippen molar-refractivity contribution >= 4 is 24.5 Å². The summed E-state index contributed by atoms with van der Waals surface area (Å²) >= 11 is 0. The lowest BCUT2D eigenvalue weighted by atomic mass is 9.78. The quantitative estimate of drug-likeness (QED) is 0.494. The van der Waals surface area contributed by atoms with E-state index < -0.39 is 13.1 Å². The Balaban J connectivity index is 2.83. The summed E-state index contributed by atoms with van der Waals surface area (Å²) < 4.78 is 4.63. The third kappa shape index (κ3) is 5.50. The van der Waals surface area contributed by atoms with Crippen LogP contribution in [0.3, 0.4) is 0 Å². The fraction of sp³-hybridized carbons (Fsp3) is 0.467. The molecule has 120 valence electrons. The van der Waals surface area contributed by atoms with Crippen molar-refractivity contribution in [1.29, 1.82) is 0 Å². The number of benzene rings is 1. The summed E-state index contributed by atoms with van der Waals surface area (Å²) in [4.78, 5) is 23.4. The minimum Gasteiger partial charge on any atom is -0.465 e. The van der Waals surface area contributed by atoms with Crippen molar-refractivity contribution in [3.05, 3.63) is 29.3 Å². The Hall–Kier alpha value is -1.86. The highest BCUT2D eigenvalue weighted by molar-refractivity contribution is 6.58. The lowest BCUT2D eigenvalue weighted by molar-refractivity contribution is -0.122. The summed E-state index contributed by atoms with van der Waals surface area (Å²) in [6, 6.07) is 4.43. The number of hydrogen-bond acceptors (Lipinski definition) is 5. The van der Waals surface area contributed by atoms with Gasteiger partial charge >= 0.3 is 13.1 Å². The van der Waals surface area contributed by atoms with Gasteiger partial charge in [0, 0.05) is 13.0 Å². The first kappa shape index (κ1) is 18.2. The highest BCUT2D eigenvalue weighted by atomic mass is 16.5. The summed E-state index contributed by atoms with van der Waals surface area (Å²) in [5, 5.41) is 21.3. The van der Waals surface area contributed by atoms with E-state index in [1.165, 1.54) is 19.2 Å². The number of rotatable bonds is 7. The molecule has 1 amide bonds. The van der Waals surface area contributed by atoms with Gasteiger partial charge in [0.05, 0.1) is 12.7 Å². The van der Waals surface area contributed by atoms with Gasteiger partial charge in [-0.05, 0) is 29.1 Å². The Morgan fingerprint density at radius 3 is 2.55 bits per heavy atom. The van der Waals surface area contributed by atoms with Crippen LogP contribution in [-0.4, -0.2) is 36.2 Å². The van der Waals surface area contributed by atoms with Crippen molar-refractivity contribution in [3.8, 4) is 0 Å². The molecule has 1 aromatic rings. The van der Waals surface area contributed by atoms with Gasteiger partial charge in [-0.25, -0.2) is 4.79 Å². The standard InChI is InChI=1S/C15H22BNO5/c1-4-10(2)5-14(18)17-9-11-6-12(15(19)22-3)8-13(7-11)16(20)21/h6-8,10,20-21H,4-5,9H2,1-3H3,(H,17,18). The summed E-state index contributed by atoms with van der Waals surface area (Å²) in [6.07, 6.45) is 1.36. The molecule has 0 aliphatic carbocycles. The van der Waals surface area contributed by atoms with Gasteiger partial charge < -0.3 is 20.1 Å². The number of ether oxygens (including phenoxy) is 1. The molecule has 0 spiro atoms. The summed E-state index contributed by atoms with van der Waals surface area (Å²) in [7, 11) is -0.447. The van der Waals surface area contributed by atoms with E-state index in [0.717, 1.165) is 6.42 Å². The van der Waals surface area contributed by atoms with Crippen molar-refractivity contribution in [2.45, 2.75) is 33.2 Å². The molecule has 3 N–H and O–H groups in total. The van der Waals surface area contributed by atoms with Gasteiger partial charge in [-0.2, -0.15) is 0 Å². The van der Waals surface area contributed by atoms with Crippen LogP contribution in [0.1, 0.15) is 42.6 Å². The molecular formula is C15H22BNO5. The Kier molecular flexibility index (Phi) is 7.07. The normalized spacial score (nSPS) is 11.7. The number of hydrogen-bond donors (Lipinski definition) is 3. The molecular weight excluding hydrogens is 285 g/mol. The van der Waals surface area contributed by atoms with Gasteiger partial charge in [-0.3, -0.25) is 4.79 Å². The molecule has 0 saturated heterocycles. The van der Waals surface area contributed by atoms with Crippen molar-refractivity contribution in [3.63, 3.8) is 0 Å². The third-order valence-corrected chi connectivity index (χ3v) is 3.45. The average molecular weight is 307 g/mol. The Morgan fingerprint density at radius 2 is 2.00 bits per heavy atom. The molecule has 0 aliphatic heterocycles. The van der Waals surface area contributed by atoms with E-state index in [4.69, 9.17) is 0 Å². The van der Waals surface area contributed by atoms with Crippen LogP contribution in [-0.2, 0) is 16.1 Å². The smallest absolute Gasteiger partial charge is 0.465 e. The predicted molar refractivity (Wildman–Crippen MR) is 83.5 cm³/mol. The fourth-order valence-corrected chi connectivity index (χ4v) is 1.94. The molecule has 0 radical (unpaired) electrons. The van der Waals surface area contributed by atoms with Crippen LogP contribution >= 0.6 is 0 Å². The van der Waals surface area contributed by atoms with Crippen LogP contribution < -0.4 is 10.8 Å². The number of esters is 1. The summed E-state index contributed by atoms with van der Waals surface area (Å²) in [6.45, 7) is 4.23. The minimum absolute atomic E-state index is 0.0797. The second-order valence-corrected chi connectivity index (χ2v) is 5.32. The van der Waals surface area contributed by atoms with Crippen LogP contribution in [0.5, 0.6) is 0 Å². The molecule has 0 fully saturated rings. The first-order chi connectivity index (χ1) is 10.4. The molecule has 0 saturated carbocycles. The molecule has 0 heterocycles. The van der Waals surface area contributed by atoms with Gasteiger partial charge in [0.2, 0.25) is 5.91 Å². The largest absolute Gasteiger partial charge is 0.488 e. The zero-order valence-electron chi connectivity index (χ0n) is 13.1. The molecule has 22 heavy (non-hydrogen) atoms. The second kappa shape index (κ2) is 8.55. The average Bonchev–Trinajstić information content (AvgIpc) is 2.51. The lowest BCUT2D eigenvalue weighted by Gasteiger charge is -2.11. The van der Waals surface area contributed by atoms with Gasteiger partial charge in [0.1, 0.15) is 0 Å². The Morgan fingerprint density at radius 1 is 1.32 bits per heavy atom. The maximum absolute atomic E-state index is 11.8. The van der Waals surface area contributed by atoms with Gasteiger partial charge in [0.15, 0.2) is 0 Å². The highest BCUT2D eigenvalue weighted by Gasteiger charge is 2.16. The van der Waals surface area contributed by atoms with Crippen LogP contribution in [0.4, 0.5) is 0 Å². The van der Waals surface area contributed by atoms with E-state index in [0.29, 0.717) is 17.9 Å². The van der Waals surface area contributed by atoms with E-state index in [1.807, 2.05) is 13.8 Å². The third-order valence-electron chi connectivity index (χ3n) is 3.45. The van der Waals surface area contributed by atoms with Crippen molar-refractivity contribution in [1.82, 2.24) is 5.32 Å². The monoisotopic (exact) mass is 307 g/mol. The Labute approximate surface area is 130 Å². The van der Waals surface area contributed by atoms with E-state index >= 15 is 0 Å². The minimum atomic E-state index is -1.70. The first-order valence-corrected chi connectivity index (χ1v) is 7.22. The summed E-state index contributed by atoms with van der Waals surface area (Å²) in [5.41, 5.74) is 0.983. The van der Waals surface area contributed by atoms with Gasteiger partial charge in [0.25, 0.3) is 0 Å². The number of carbonyl (C=O) groups excluding carboxylic acids is 2. The number of carbonyl (C=O) groups is 2. The topological polar surface area (TPSA) is 95.9 Å². The maximum atomic E-state index is 11.8. The van der Waals surface area contributed by atoms with Crippen LogP contribution in [0.15, 0.2) is 18.2 Å². The van der Waals surface area contributed by atoms with Crippen LogP contribution in [0.2, 0.25) is 0 Å². The van der Waals surface area contributed by atoms with Gasteiger partial charge in [-0.1, -0.05) is 26.3 Å². The van der Waals surface area contributed by atoms with E-state index in [9.17, 15) is 19.6 Å². The number of nitrogens with one attached hydrogen (secondary N) is 1. The van der Waals surface area contributed by atoms with Crippen molar-refractivity contribution < 1.29 is 24.4 Å². The van der Waals surface area contributed by atoms with Crippen LogP contribution in [0, 0.1) is 5.92 Å². The molecule has 0 aliphatic rings. The maximum Gasteiger partial charge on any atom is 0.488 e. The summed E-state index contributed by atoms with van der Waals surface area (Å²) in [5.74, 6) is -0.352. The number of amides is 1. The highest BCUT2D eigenvalue weighted by Crippen LogP contribution is 2.08. The lowest BCUT2D eigenvalue weighted by Crippen LogP contribution is -2.32. The molecule has 0 bridgehead atoms. The zero-order valence-corrected chi connectivity index (χ0v) is 13.1.